The largest absolute Gasteiger partial charge is 0.393 e. The van der Waals surface area contributed by atoms with Crippen molar-refractivity contribution in [1.82, 2.24) is 14.0 Å². The maximum atomic E-state index is 13.0. The number of amides is 1. The first kappa shape index (κ1) is 25.1. The summed E-state index contributed by atoms with van der Waals surface area (Å²) in [6.07, 6.45) is -7.57. The van der Waals surface area contributed by atoms with E-state index in [0.717, 1.165) is 15.9 Å². The summed E-state index contributed by atoms with van der Waals surface area (Å²) in [5.74, 6) is -0.441. The Kier molecular flexibility index (Phi) is 7.42. The lowest BCUT2D eigenvalue weighted by atomic mass is 10.1. The summed E-state index contributed by atoms with van der Waals surface area (Å²) < 4.78 is 64.8. The van der Waals surface area contributed by atoms with E-state index in [1.807, 2.05) is 0 Å². The average Bonchev–Trinajstić information content (AvgIpc) is 3.06. The highest BCUT2D eigenvalue weighted by atomic mass is 32.1. The van der Waals surface area contributed by atoms with Gasteiger partial charge in [0.1, 0.15) is 4.83 Å². The highest BCUT2D eigenvalue weighted by Gasteiger charge is 2.30. The Labute approximate surface area is 188 Å². The van der Waals surface area contributed by atoms with Gasteiger partial charge in [-0.3, -0.25) is 18.7 Å². The molecule has 3 rings (SSSR count). The Morgan fingerprint density at radius 3 is 2.36 bits per heavy atom. The number of carbonyl (C=O) groups is 1. The van der Waals surface area contributed by atoms with Crippen molar-refractivity contribution in [2.75, 3.05) is 13.1 Å². The third kappa shape index (κ3) is 5.52. The van der Waals surface area contributed by atoms with Gasteiger partial charge in [-0.2, -0.15) is 22.0 Å². The van der Waals surface area contributed by atoms with Crippen molar-refractivity contribution >= 4 is 27.5 Å². The van der Waals surface area contributed by atoms with E-state index in [1.54, 1.807) is 0 Å². The Hall–Kier alpha value is -2.54. The van der Waals surface area contributed by atoms with E-state index < -0.39 is 55.0 Å². The van der Waals surface area contributed by atoms with Gasteiger partial charge in [-0.05, 0) is 37.8 Å². The molecule has 1 N–H and O–H groups in total. The van der Waals surface area contributed by atoms with Gasteiger partial charge in [-0.1, -0.05) is 0 Å². The molecule has 1 amide bonds. The van der Waals surface area contributed by atoms with E-state index in [-0.39, 0.29) is 40.2 Å². The van der Waals surface area contributed by atoms with Gasteiger partial charge in [-0.25, -0.2) is 4.79 Å². The van der Waals surface area contributed by atoms with Crippen LogP contribution < -0.4 is 11.2 Å². The fraction of sp³-hybridized carbons (Fsp3) is 0.550. The topological polar surface area (TPSA) is 84.5 Å². The molecule has 0 aromatic carbocycles. The Balaban J connectivity index is 2.13. The molecular formula is C20H22F5N3O4S. The van der Waals surface area contributed by atoms with Crippen LogP contribution in [0.4, 0.5) is 22.0 Å². The van der Waals surface area contributed by atoms with Gasteiger partial charge < -0.3 is 10.0 Å². The molecule has 182 valence electrons. The molecule has 3 heterocycles. The number of aliphatic hydroxyl groups excluding tert-OH is 1. The first-order valence-electron chi connectivity index (χ1n) is 10.2. The van der Waals surface area contributed by atoms with Gasteiger partial charge in [-0.15, -0.1) is 11.3 Å². The lowest BCUT2D eigenvalue weighted by Crippen LogP contribution is -2.40. The standard InChI is InChI=1S/C20H22F5N3O4S/c1-11-14-16(30)27(7-2-3-13(21)22)19(32)28(10-6-20(23,24)25)18(14)33-15(11)17(31)26-8-4-12(29)5-9-26/h3,12,29H,2,4-10H2,1H3. The van der Waals surface area contributed by atoms with Crippen molar-refractivity contribution in [1.29, 1.82) is 0 Å². The molecule has 7 nitrogen and oxygen atoms in total. The number of allylic oxidation sites excluding steroid dienone is 1. The monoisotopic (exact) mass is 495 g/mol. The van der Waals surface area contributed by atoms with Crippen LogP contribution in [0.2, 0.25) is 0 Å². The second kappa shape index (κ2) is 9.75. The molecule has 0 radical (unpaired) electrons. The van der Waals surface area contributed by atoms with Crippen molar-refractivity contribution in [3.8, 4) is 0 Å². The molecule has 2 aromatic heterocycles. The minimum absolute atomic E-state index is 0.0596. The van der Waals surface area contributed by atoms with Crippen LogP contribution in [-0.2, 0) is 13.1 Å². The Morgan fingerprint density at radius 2 is 1.79 bits per heavy atom. The summed E-state index contributed by atoms with van der Waals surface area (Å²) in [4.78, 5) is 40.5. The number of carbonyl (C=O) groups excluding carboxylic acids is 1. The maximum Gasteiger partial charge on any atom is 0.390 e. The molecule has 1 fully saturated rings. The van der Waals surface area contributed by atoms with E-state index in [4.69, 9.17) is 0 Å². The number of aliphatic hydroxyl groups is 1. The van der Waals surface area contributed by atoms with E-state index in [2.05, 4.69) is 0 Å². The summed E-state index contributed by atoms with van der Waals surface area (Å²) in [7, 11) is 0. The number of hydrogen-bond acceptors (Lipinski definition) is 5. The highest BCUT2D eigenvalue weighted by Crippen LogP contribution is 2.31. The molecule has 0 aliphatic carbocycles. The summed E-state index contributed by atoms with van der Waals surface area (Å²) in [5.41, 5.74) is -1.67. The van der Waals surface area contributed by atoms with Crippen LogP contribution >= 0.6 is 11.3 Å². The molecule has 0 spiro atoms. The fourth-order valence-electron chi connectivity index (χ4n) is 3.75. The third-order valence-corrected chi connectivity index (χ3v) is 6.81. The fourth-order valence-corrected chi connectivity index (χ4v) is 5.03. The number of thiophene rings is 1. The minimum atomic E-state index is -4.58. The van der Waals surface area contributed by atoms with Crippen LogP contribution in [0.15, 0.2) is 21.7 Å². The van der Waals surface area contributed by atoms with Crippen LogP contribution in [0.5, 0.6) is 0 Å². The van der Waals surface area contributed by atoms with Crippen molar-refractivity contribution in [3.63, 3.8) is 0 Å². The first-order chi connectivity index (χ1) is 15.4. The number of piperidine rings is 1. The number of hydrogen-bond donors (Lipinski definition) is 1. The zero-order chi connectivity index (χ0) is 24.5. The lowest BCUT2D eigenvalue weighted by Gasteiger charge is -2.29. The molecule has 13 heteroatoms. The van der Waals surface area contributed by atoms with E-state index in [0.29, 0.717) is 23.5 Å². The smallest absolute Gasteiger partial charge is 0.390 e. The second-order valence-corrected chi connectivity index (χ2v) is 8.80. The Morgan fingerprint density at radius 1 is 1.15 bits per heavy atom. The van der Waals surface area contributed by atoms with Gasteiger partial charge >= 0.3 is 11.9 Å². The van der Waals surface area contributed by atoms with Gasteiger partial charge in [0.2, 0.25) is 0 Å². The van der Waals surface area contributed by atoms with Gasteiger partial charge in [0.05, 0.1) is 22.8 Å². The maximum absolute atomic E-state index is 13.0. The molecule has 1 aliphatic heterocycles. The van der Waals surface area contributed by atoms with E-state index in [9.17, 15) is 41.4 Å². The van der Waals surface area contributed by atoms with Crippen LogP contribution in [0.1, 0.15) is 40.9 Å². The number of alkyl halides is 3. The van der Waals surface area contributed by atoms with E-state index in [1.165, 1.54) is 11.8 Å². The average molecular weight is 495 g/mol. The van der Waals surface area contributed by atoms with Gasteiger partial charge in [0.15, 0.2) is 0 Å². The first-order valence-corrected chi connectivity index (χ1v) is 11.0. The molecule has 0 saturated carbocycles. The van der Waals surface area contributed by atoms with Crippen molar-refractivity contribution in [3.05, 3.63) is 43.4 Å². The van der Waals surface area contributed by atoms with Crippen molar-refractivity contribution < 1.29 is 31.9 Å². The summed E-state index contributed by atoms with van der Waals surface area (Å²) in [6, 6.07) is 0. The molecule has 0 unspecified atom stereocenters. The normalized spacial score (nSPS) is 15.3. The number of rotatable bonds is 6. The minimum Gasteiger partial charge on any atom is -0.393 e. The van der Waals surface area contributed by atoms with Gasteiger partial charge in [0, 0.05) is 26.2 Å². The Bertz CT molecular complexity index is 1190. The van der Waals surface area contributed by atoms with Crippen LogP contribution in [0.3, 0.4) is 0 Å². The number of nitrogens with zero attached hydrogens (tertiary/aromatic N) is 3. The summed E-state index contributed by atoms with van der Waals surface area (Å²) >= 11 is 0.766. The molecular weight excluding hydrogens is 473 g/mol. The number of aromatic nitrogens is 2. The summed E-state index contributed by atoms with van der Waals surface area (Å²) in [5, 5.41) is 9.57. The zero-order valence-electron chi connectivity index (χ0n) is 17.6. The highest BCUT2D eigenvalue weighted by molar-refractivity contribution is 7.20. The number of halogens is 5. The zero-order valence-corrected chi connectivity index (χ0v) is 18.4. The van der Waals surface area contributed by atoms with Crippen LogP contribution in [0.25, 0.3) is 10.2 Å². The molecule has 0 bridgehead atoms. The molecule has 2 aromatic rings. The quantitative estimate of drug-likeness (QED) is 0.624. The van der Waals surface area contributed by atoms with Crippen LogP contribution in [-0.4, -0.2) is 50.4 Å². The molecule has 0 atom stereocenters. The third-order valence-electron chi connectivity index (χ3n) is 5.51. The second-order valence-electron chi connectivity index (χ2n) is 7.80. The molecule has 1 saturated heterocycles. The summed E-state index contributed by atoms with van der Waals surface area (Å²) in [6.45, 7) is 0.797. The molecule has 33 heavy (non-hydrogen) atoms. The number of aryl methyl sites for hydroxylation is 2. The number of fused-ring (bicyclic) bond motifs is 1. The lowest BCUT2D eigenvalue weighted by molar-refractivity contribution is -0.136. The van der Waals surface area contributed by atoms with Crippen molar-refractivity contribution in [2.45, 2.75) is 58.0 Å². The van der Waals surface area contributed by atoms with Crippen molar-refractivity contribution in [2.24, 2.45) is 0 Å². The van der Waals surface area contributed by atoms with Crippen LogP contribution in [0, 0.1) is 6.92 Å². The SMILES string of the molecule is Cc1c(C(=O)N2CCC(O)CC2)sc2c1c(=O)n(CCC=C(F)F)c(=O)n2CCC(F)(F)F. The van der Waals surface area contributed by atoms with E-state index >= 15 is 0 Å². The predicted molar refractivity (Wildman–Crippen MR) is 112 cm³/mol. The number of likely N-dealkylation sites (tertiary alicyclic amines) is 1. The molecule has 1 aliphatic rings. The van der Waals surface area contributed by atoms with Gasteiger partial charge in [0.25, 0.3) is 17.5 Å². The predicted octanol–water partition coefficient (Wildman–Crippen LogP) is 3.25.